The van der Waals surface area contributed by atoms with Crippen LogP contribution < -0.4 is 10.7 Å². The highest BCUT2D eigenvalue weighted by Gasteiger charge is 2.32. The number of H-pyrrole nitrogens is 1. The summed E-state index contributed by atoms with van der Waals surface area (Å²) in [6.45, 7) is 5.87. The van der Waals surface area contributed by atoms with Gasteiger partial charge in [0.25, 0.3) is 11.5 Å². The smallest absolute Gasteiger partial charge is 0.293 e. The highest BCUT2D eigenvalue weighted by molar-refractivity contribution is 6.88. The van der Waals surface area contributed by atoms with Gasteiger partial charge in [-0.15, -0.1) is 0 Å². The van der Waals surface area contributed by atoms with E-state index in [1.807, 2.05) is 24.8 Å². The zero-order chi connectivity index (χ0) is 25.9. The van der Waals surface area contributed by atoms with Gasteiger partial charge >= 0.3 is 0 Å². The number of hydrogen-bond acceptors (Lipinski definition) is 5. The molecule has 186 valence electrons. The summed E-state index contributed by atoms with van der Waals surface area (Å²) in [5.74, 6) is -2.77. The van der Waals surface area contributed by atoms with Crippen LogP contribution in [0.2, 0.25) is 19.6 Å². The van der Waals surface area contributed by atoms with Gasteiger partial charge < -0.3 is 14.2 Å². The summed E-state index contributed by atoms with van der Waals surface area (Å²) in [6.07, 6.45) is -0.307. The summed E-state index contributed by atoms with van der Waals surface area (Å²) in [5, 5.41) is 2.12. The van der Waals surface area contributed by atoms with Crippen molar-refractivity contribution >= 4 is 25.0 Å². The minimum Gasteiger partial charge on any atom is -0.380 e. The number of aromatic nitrogens is 1. The van der Waals surface area contributed by atoms with Gasteiger partial charge in [-0.3, -0.25) is 14.4 Å². The molecule has 1 heterocycles. The lowest BCUT2D eigenvalue weighted by atomic mass is 9.95. The molecule has 0 unspecified atom stereocenters. The molecule has 3 aromatic rings. The maximum absolute atomic E-state index is 14.8. The van der Waals surface area contributed by atoms with Gasteiger partial charge in [-0.2, -0.15) is 5.16 Å². The van der Waals surface area contributed by atoms with Crippen LogP contribution in [0.4, 0.5) is 8.78 Å². The number of carbonyl (C=O) groups excluding carboxylic acids is 2. The minimum atomic E-state index is -2.28. The number of amides is 1. The number of likely N-dealkylation sites (N-methyl/N-ethyl adjacent to an activating group) is 1. The van der Waals surface area contributed by atoms with Crippen molar-refractivity contribution < 1.29 is 27.6 Å². The van der Waals surface area contributed by atoms with Crippen LogP contribution in [0.3, 0.4) is 0 Å². The largest absolute Gasteiger partial charge is 0.380 e. The zero-order valence-electron chi connectivity index (χ0n) is 20.3. The van der Waals surface area contributed by atoms with Crippen molar-refractivity contribution in [1.82, 2.24) is 10.1 Å². The third-order valence-electron chi connectivity index (χ3n) is 5.58. The number of halogens is 2. The molecule has 0 aliphatic heterocycles. The molecule has 1 aromatic heterocycles. The van der Waals surface area contributed by atoms with E-state index in [2.05, 4.69) is 0 Å². The molecular formula is C25H28F2N2O5Si. The molecule has 0 aliphatic rings. The van der Waals surface area contributed by atoms with Crippen LogP contribution in [0.5, 0.6) is 0 Å². The van der Waals surface area contributed by atoms with E-state index in [0.29, 0.717) is 12.2 Å². The summed E-state index contributed by atoms with van der Waals surface area (Å²) < 4.78 is 39.6. The van der Waals surface area contributed by atoms with E-state index in [0.717, 1.165) is 16.5 Å². The fourth-order valence-electron chi connectivity index (χ4n) is 4.01. The predicted molar refractivity (Wildman–Crippen MR) is 129 cm³/mol. The second kappa shape index (κ2) is 10.5. The Morgan fingerprint density at radius 3 is 2.14 bits per heavy atom. The van der Waals surface area contributed by atoms with Crippen molar-refractivity contribution in [2.24, 2.45) is 0 Å². The summed E-state index contributed by atoms with van der Waals surface area (Å²) in [5.41, 5.74) is 0.923. The lowest BCUT2D eigenvalue weighted by Gasteiger charge is -2.27. The van der Waals surface area contributed by atoms with E-state index in [9.17, 15) is 23.2 Å². The zero-order valence-corrected chi connectivity index (χ0v) is 21.3. The van der Waals surface area contributed by atoms with E-state index in [1.165, 1.54) is 19.2 Å². The molecule has 35 heavy (non-hydrogen) atoms. The van der Waals surface area contributed by atoms with Crippen molar-refractivity contribution in [2.75, 3.05) is 14.2 Å². The Bertz CT molecular complexity index is 1250. The van der Waals surface area contributed by atoms with Crippen LogP contribution in [0, 0.1) is 11.6 Å². The molecule has 0 radical (unpaired) electrons. The molecule has 0 fully saturated rings. The molecule has 0 saturated carbocycles. The monoisotopic (exact) mass is 502 g/mol. The number of rotatable bonds is 9. The summed E-state index contributed by atoms with van der Waals surface area (Å²) in [7, 11) is 0.680. The van der Waals surface area contributed by atoms with Gasteiger partial charge in [0, 0.05) is 25.8 Å². The molecule has 1 atom stereocenters. The third kappa shape index (κ3) is 6.01. The van der Waals surface area contributed by atoms with Gasteiger partial charge in [0.2, 0.25) is 5.76 Å². The number of nitrogens with one attached hydrogen (secondary N) is 1. The van der Waals surface area contributed by atoms with E-state index in [-0.39, 0.29) is 22.9 Å². The Kier molecular flexibility index (Phi) is 7.86. The molecule has 0 aliphatic carbocycles. The molecule has 10 heteroatoms. The van der Waals surface area contributed by atoms with E-state index < -0.39 is 43.0 Å². The second-order valence-electron chi connectivity index (χ2n) is 9.40. The van der Waals surface area contributed by atoms with Crippen LogP contribution in [-0.2, 0) is 22.6 Å². The molecule has 1 N–H and O–H groups in total. The number of hydrogen-bond donors (Lipinski definition) is 1. The number of nitrogens with zero attached hydrogens (tertiary/aromatic N) is 1. The van der Waals surface area contributed by atoms with Crippen LogP contribution in [-0.4, -0.2) is 44.0 Å². The number of methoxy groups -OCH3 is 1. The lowest BCUT2D eigenvalue weighted by molar-refractivity contribution is -0.122. The molecule has 7 nitrogen and oxygen atoms in total. The average Bonchev–Trinajstić information content (AvgIpc) is 3.19. The Balaban J connectivity index is 1.97. The van der Waals surface area contributed by atoms with E-state index in [1.54, 1.807) is 31.4 Å². The Labute approximate surface area is 202 Å². The fraction of sp³-hybridized carbons (Fsp3) is 0.320. The van der Waals surface area contributed by atoms with Gasteiger partial charge in [-0.1, -0.05) is 43.9 Å². The van der Waals surface area contributed by atoms with Crippen LogP contribution in [0.25, 0.3) is 0 Å². The lowest BCUT2D eigenvalue weighted by Crippen LogP contribution is -2.42. The minimum absolute atomic E-state index is 0.0776. The number of ketones is 1. The fourth-order valence-corrected chi connectivity index (χ4v) is 5.59. The Morgan fingerprint density at radius 2 is 1.66 bits per heavy atom. The first-order valence-electron chi connectivity index (χ1n) is 11.0. The van der Waals surface area contributed by atoms with Gasteiger partial charge in [-0.05, 0) is 28.8 Å². The summed E-state index contributed by atoms with van der Waals surface area (Å²) in [4.78, 5) is 39.0. The number of aromatic amines is 1. The van der Waals surface area contributed by atoms with Crippen LogP contribution >= 0.6 is 0 Å². The maximum Gasteiger partial charge on any atom is 0.293 e. The Hall–Kier alpha value is -3.37. The SMILES string of the molecule is COCc1ccc([C@H](C(=O)Cc2cc(F)c([Si](C)(C)C)c(F)c2)N(C)C(=O)c2cc(=O)[nH]o2)cc1. The van der Waals surface area contributed by atoms with Crippen molar-refractivity contribution in [3.63, 3.8) is 0 Å². The summed E-state index contributed by atoms with van der Waals surface area (Å²) in [6, 6.07) is 9.14. The van der Waals surface area contributed by atoms with Crippen LogP contribution in [0.1, 0.15) is 33.3 Å². The molecule has 0 saturated heterocycles. The molecule has 2 aromatic carbocycles. The van der Waals surface area contributed by atoms with Gasteiger partial charge in [-0.25, -0.2) is 8.78 Å². The highest BCUT2D eigenvalue weighted by Crippen LogP contribution is 2.25. The molecule has 1 amide bonds. The first kappa shape index (κ1) is 26.2. The van der Waals surface area contributed by atoms with Gasteiger partial charge in [0.05, 0.1) is 20.7 Å². The standard InChI is InChI=1S/C25H28F2N2O5Si/c1-29(25(32)21-13-22(31)28-34-21)23(17-8-6-15(7-9-17)14-33-2)20(30)12-16-10-18(26)24(19(27)11-16)35(3,4)5/h6-11,13,23H,12,14H2,1-5H3,(H,28,31)/t23-/m1/s1. The highest BCUT2D eigenvalue weighted by atomic mass is 28.3. The van der Waals surface area contributed by atoms with Crippen LogP contribution in [0.15, 0.2) is 51.8 Å². The van der Waals surface area contributed by atoms with E-state index in [4.69, 9.17) is 9.26 Å². The first-order chi connectivity index (χ1) is 16.4. The summed E-state index contributed by atoms with van der Waals surface area (Å²) >= 11 is 0. The quantitative estimate of drug-likeness (QED) is 0.452. The second-order valence-corrected chi connectivity index (χ2v) is 14.4. The molecule has 0 spiro atoms. The number of Topliss-reactive ketones (excluding diaryl/α,β-unsaturated/α-hetero) is 1. The number of ether oxygens (including phenoxy) is 1. The number of carbonyl (C=O) groups is 2. The average molecular weight is 503 g/mol. The van der Waals surface area contributed by atoms with Crippen molar-refractivity contribution in [3.8, 4) is 0 Å². The maximum atomic E-state index is 14.8. The predicted octanol–water partition coefficient (Wildman–Crippen LogP) is 3.56. The third-order valence-corrected chi connectivity index (χ3v) is 7.56. The molecule has 3 rings (SSSR count). The normalized spacial score (nSPS) is 12.4. The van der Waals surface area contributed by atoms with E-state index >= 15 is 0 Å². The Morgan fingerprint density at radius 1 is 1.06 bits per heavy atom. The van der Waals surface area contributed by atoms with Crippen molar-refractivity contribution in [2.45, 2.75) is 38.7 Å². The molecule has 0 bridgehead atoms. The number of benzene rings is 2. The van der Waals surface area contributed by atoms with Crippen molar-refractivity contribution in [1.29, 1.82) is 0 Å². The van der Waals surface area contributed by atoms with Gasteiger partial charge in [0.1, 0.15) is 17.7 Å². The van der Waals surface area contributed by atoms with Crippen molar-refractivity contribution in [3.05, 3.63) is 86.9 Å². The topological polar surface area (TPSA) is 92.6 Å². The first-order valence-corrected chi connectivity index (χ1v) is 14.5. The van der Waals surface area contributed by atoms with Gasteiger partial charge in [0.15, 0.2) is 5.78 Å². The molecular weight excluding hydrogens is 474 g/mol.